The minimum atomic E-state index is -0.0861. The molecule has 2 bridgehead atoms. The van der Waals surface area contributed by atoms with Gasteiger partial charge in [-0.1, -0.05) is 6.07 Å². The molecule has 1 fully saturated rings. The third kappa shape index (κ3) is 4.67. The number of hydrogen-bond acceptors (Lipinski definition) is 7. The van der Waals surface area contributed by atoms with Crippen LogP contribution in [0.15, 0.2) is 36.7 Å². The zero-order valence-corrected chi connectivity index (χ0v) is 20.9. The van der Waals surface area contributed by atoms with Crippen LogP contribution >= 0.6 is 0 Å². The number of aromatic nitrogens is 5. The first-order valence-electron chi connectivity index (χ1n) is 12.5. The van der Waals surface area contributed by atoms with E-state index in [4.69, 9.17) is 9.47 Å². The summed E-state index contributed by atoms with van der Waals surface area (Å²) in [6, 6.07) is 7.73. The van der Waals surface area contributed by atoms with E-state index in [-0.39, 0.29) is 11.9 Å². The fourth-order valence-electron chi connectivity index (χ4n) is 4.82. The molecule has 6 rings (SSSR count). The number of amides is 1. The van der Waals surface area contributed by atoms with Crippen molar-refractivity contribution in [1.82, 2.24) is 35.2 Å². The van der Waals surface area contributed by atoms with E-state index in [2.05, 4.69) is 37.5 Å². The third-order valence-corrected chi connectivity index (χ3v) is 6.85. The zero-order valence-electron chi connectivity index (χ0n) is 20.9. The Kier molecular flexibility index (Phi) is 6.09. The van der Waals surface area contributed by atoms with Crippen molar-refractivity contribution in [3.8, 4) is 22.9 Å². The van der Waals surface area contributed by atoms with Gasteiger partial charge in [0.15, 0.2) is 0 Å². The van der Waals surface area contributed by atoms with Crippen molar-refractivity contribution < 1.29 is 14.3 Å². The Morgan fingerprint density at radius 3 is 2.89 bits per heavy atom. The molecule has 0 aliphatic carbocycles. The zero-order chi connectivity index (χ0) is 25.4. The third-order valence-electron chi connectivity index (χ3n) is 6.85. The average Bonchev–Trinajstić information content (AvgIpc) is 3.60. The van der Waals surface area contributed by atoms with Crippen LogP contribution in [0.4, 0.5) is 0 Å². The summed E-state index contributed by atoms with van der Waals surface area (Å²) < 4.78 is 14.0. The van der Waals surface area contributed by atoms with Gasteiger partial charge in [0.1, 0.15) is 5.75 Å². The highest BCUT2D eigenvalue weighted by molar-refractivity contribution is 5.96. The van der Waals surface area contributed by atoms with Crippen molar-refractivity contribution in [2.75, 3.05) is 33.4 Å². The van der Waals surface area contributed by atoms with Gasteiger partial charge in [-0.2, -0.15) is 10.2 Å². The molecule has 1 amide bonds. The number of carbonyl (C=O) groups is 1. The van der Waals surface area contributed by atoms with Gasteiger partial charge in [0, 0.05) is 42.6 Å². The molecular formula is C27H29N7O3. The van der Waals surface area contributed by atoms with E-state index in [1.807, 2.05) is 43.5 Å². The summed E-state index contributed by atoms with van der Waals surface area (Å²) in [6.07, 6.45) is 9.06. The number of carbonyl (C=O) groups excluding carboxylic acids is 1. The number of nitrogens with one attached hydrogen (secondary N) is 2. The van der Waals surface area contributed by atoms with Crippen LogP contribution in [0.5, 0.6) is 11.6 Å². The molecule has 190 valence electrons. The summed E-state index contributed by atoms with van der Waals surface area (Å²) in [5.41, 5.74) is 4.64. The van der Waals surface area contributed by atoms with Crippen LogP contribution in [-0.2, 0) is 7.05 Å². The van der Waals surface area contributed by atoms with Crippen LogP contribution in [0, 0.1) is 0 Å². The van der Waals surface area contributed by atoms with Gasteiger partial charge in [0.2, 0.25) is 5.88 Å². The number of benzene rings is 1. The average molecular weight is 500 g/mol. The first-order valence-corrected chi connectivity index (χ1v) is 12.5. The van der Waals surface area contributed by atoms with Gasteiger partial charge in [0.05, 0.1) is 48.1 Å². The highest BCUT2D eigenvalue weighted by atomic mass is 16.5. The Morgan fingerprint density at radius 2 is 2.03 bits per heavy atom. The molecule has 4 aromatic rings. The molecule has 0 radical (unpaired) electrons. The molecule has 10 nitrogen and oxygen atoms in total. The molecular weight excluding hydrogens is 470 g/mol. The largest absolute Gasteiger partial charge is 0.493 e. The maximum absolute atomic E-state index is 13.0. The number of likely N-dealkylation sites (N-methyl/N-ethyl adjacent to an activating group) is 1. The second kappa shape index (κ2) is 9.70. The second-order valence-corrected chi connectivity index (χ2v) is 9.57. The summed E-state index contributed by atoms with van der Waals surface area (Å²) >= 11 is 0. The van der Waals surface area contributed by atoms with Gasteiger partial charge in [-0.25, -0.2) is 4.68 Å². The number of H-pyrrole nitrogens is 1. The Morgan fingerprint density at radius 1 is 1.14 bits per heavy atom. The van der Waals surface area contributed by atoms with E-state index in [0.717, 1.165) is 52.9 Å². The van der Waals surface area contributed by atoms with E-state index >= 15 is 0 Å². The fraction of sp³-hybridized carbons (Fsp3) is 0.333. The number of aromatic amines is 1. The number of rotatable bonds is 2. The SMILES string of the molecule is CN1CC[C@@H](NC(=O)c2ccc3c(c2)OCCCOc2c(cnn2C)-c2cc4c(n[nH]c4cn2)/C=C/3)C1. The second-order valence-electron chi connectivity index (χ2n) is 9.57. The van der Waals surface area contributed by atoms with Crippen molar-refractivity contribution in [3.05, 3.63) is 53.5 Å². The maximum Gasteiger partial charge on any atom is 0.251 e. The molecule has 3 aromatic heterocycles. The molecule has 10 heteroatoms. The number of nitrogens with zero attached hydrogens (tertiary/aromatic N) is 5. The lowest BCUT2D eigenvalue weighted by Crippen LogP contribution is -2.36. The molecule has 37 heavy (non-hydrogen) atoms. The van der Waals surface area contributed by atoms with E-state index in [0.29, 0.717) is 36.8 Å². The predicted octanol–water partition coefficient (Wildman–Crippen LogP) is 3.12. The van der Waals surface area contributed by atoms with Gasteiger partial charge >= 0.3 is 0 Å². The Bertz CT molecular complexity index is 1490. The van der Waals surface area contributed by atoms with Crippen LogP contribution in [0.1, 0.15) is 34.5 Å². The smallest absolute Gasteiger partial charge is 0.251 e. The number of aryl methyl sites for hydroxylation is 1. The summed E-state index contributed by atoms with van der Waals surface area (Å²) in [6.45, 7) is 2.74. The molecule has 1 aromatic carbocycles. The Labute approximate surface area is 214 Å². The molecule has 0 spiro atoms. The summed E-state index contributed by atoms with van der Waals surface area (Å²) in [7, 11) is 3.92. The molecule has 2 aliphatic rings. The molecule has 0 unspecified atom stereocenters. The van der Waals surface area contributed by atoms with Crippen molar-refractivity contribution in [2.24, 2.45) is 7.05 Å². The number of ether oxygens (including phenoxy) is 2. The van der Waals surface area contributed by atoms with Crippen LogP contribution in [0.3, 0.4) is 0 Å². The molecule has 1 saturated heterocycles. The minimum Gasteiger partial charge on any atom is -0.493 e. The van der Waals surface area contributed by atoms with Crippen molar-refractivity contribution in [1.29, 1.82) is 0 Å². The van der Waals surface area contributed by atoms with Crippen molar-refractivity contribution >= 4 is 29.0 Å². The molecule has 2 N–H and O–H groups in total. The molecule has 1 atom stereocenters. The molecule has 2 aliphatic heterocycles. The fourth-order valence-corrected chi connectivity index (χ4v) is 4.82. The van der Waals surface area contributed by atoms with Crippen LogP contribution < -0.4 is 14.8 Å². The molecule has 5 heterocycles. The summed E-state index contributed by atoms with van der Waals surface area (Å²) in [5, 5.41) is 16.0. The van der Waals surface area contributed by atoms with Crippen LogP contribution in [0.25, 0.3) is 34.3 Å². The van der Waals surface area contributed by atoms with E-state index in [9.17, 15) is 4.79 Å². The maximum atomic E-state index is 13.0. The lowest BCUT2D eigenvalue weighted by molar-refractivity contribution is 0.0938. The Hall–Kier alpha value is -4.18. The topological polar surface area (TPSA) is 110 Å². The van der Waals surface area contributed by atoms with Crippen molar-refractivity contribution in [3.63, 3.8) is 0 Å². The van der Waals surface area contributed by atoms with E-state index in [1.165, 1.54) is 0 Å². The lowest BCUT2D eigenvalue weighted by Gasteiger charge is -2.15. The normalized spacial score (nSPS) is 18.8. The van der Waals surface area contributed by atoms with Gasteiger partial charge in [-0.05, 0) is 50.4 Å². The van der Waals surface area contributed by atoms with Gasteiger partial charge in [-0.15, -0.1) is 0 Å². The highest BCUT2D eigenvalue weighted by Crippen LogP contribution is 2.31. The van der Waals surface area contributed by atoms with E-state index < -0.39 is 0 Å². The first kappa shape index (κ1) is 23.2. The number of likely N-dealkylation sites (tertiary alicyclic amines) is 1. The van der Waals surface area contributed by atoms with Gasteiger partial charge < -0.3 is 19.7 Å². The van der Waals surface area contributed by atoms with E-state index in [1.54, 1.807) is 17.1 Å². The van der Waals surface area contributed by atoms with Crippen LogP contribution in [-0.4, -0.2) is 75.2 Å². The highest BCUT2D eigenvalue weighted by Gasteiger charge is 2.22. The number of pyridine rings is 1. The monoisotopic (exact) mass is 499 g/mol. The quantitative estimate of drug-likeness (QED) is 0.436. The van der Waals surface area contributed by atoms with Crippen LogP contribution in [0.2, 0.25) is 0 Å². The number of hydrogen-bond donors (Lipinski definition) is 2. The summed E-state index contributed by atoms with van der Waals surface area (Å²) in [4.78, 5) is 19.8. The standard InChI is InChI=1S/C27H29N7O3/c1-33-9-8-19(16-33)30-26(35)18-5-4-17-6-7-22-20-13-23(28-15-24(20)32-31-22)21-14-29-34(2)27(21)37-11-3-10-36-25(17)12-18/h4-7,12-15,19H,3,8-11,16H2,1-2H3,(H,30,35)(H,31,32)/b7-6+/t19-/m1/s1. The van der Waals surface area contributed by atoms with Gasteiger partial charge in [0.25, 0.3) is 5.91 Å². The number of fused-ring (bicyclic) bond motifs is 4. The minimum absolute atomic E-state index is 0.0861. The van der Waals surface area contributed by atoms with Gasteiger partial charge in [-0.3, -0.25) is 14.9 Å². The molecule has 0 saturated carbocycles. The Balaban J connectivity index is 1.34. The van der Waals surface area contributed by atoms with Crippen molar-refractivity contribution in [2.45, 2.75) is 18.9 Å². The first-order chi connectivity index (χ1) is 18.0. The summed E-state index contributed by atoms with van der Waals surface area (Å²) in [5.74, 6) is 1.21. The lowest BCUT2D eigenvalue weighted by atomic mass is 10.1. The predicted molar refractivity (Wildman–Crippen MR) is 140 cm³/mol.